The lowest BCUT2D eigenvalue weighted by Crippen LogP contribution is -2.29. The average molecular weight is 278 g/mol. The first kappa shape index (κ1) is 13.4. The Morgan fingerprint density at radius 2 is 1.79 bits per heavy atom. The fourth-order valence-electron chi connectivity index (χ4n) is 1.63. The zero-order valence-corrected chi connectivity index (χ0v) is 11.2. The van der Waals surface area contributed by atoms with Crippen molar-refractivity contribution in [2.24, 2.45) is 5.73 Å². The van der Waals surface area contributed by atoms with Crippen LogP contribution >= 0.6 is 0 Å². The van der Waals surface area contributed by atoms with E-state index >= 15 is 0 Å². The first-order valence-corrected chi connectivity index (χ1v) is 7.05. The van der Waals surface area contributed by atoms with Gasteiger partial charge in [0.15, 0.2) is 5.82 Å². The molecule has 6 nitrogen and oxygen atoms in total. The molecule has 2 N–H and O–H groups in total. The summed E-state index contributed by atoms with van der Waals surface area (Å²) in [6.45, 7) is 0.123. The Balaban J connectivity index is 2.47. The van der Waals surface area contributed by atoms with Gasteiger partial charge in [0.2, 0.25) is 0 Å². The highest BCUT2D eigenvalue weighted by molar-refractivity contribution is 7.92. The Kier molecular flexibility index (Phi) is 3.77. The summed E-state index contributed by atoms with van der Waals surface area (Å²) in [5.41, 5.74) is 5.98. The summed E-state index contributed by atoms with van der Waals surface area (Å²) in [4.78, 5) is 8.28. The smallest absolute Gasteiger partial charge is 0.265 e. The number of anilines is 1. The molecule has 19 heavy (non-hydrogen) atoms. The van der Waals surface area contributed by atoms with Gasteiger partial charge in [-0.1, -0.05) is 18.2 Å². The lowest BCUT2D eigenvalue weighted by atomic mass is 10.4. The number of nitrogens with zero attached hydrogens (tertiary/aromatic N) is 3. The highest BCUT2D eigenvalue weighted by Crippen LogP contribution is 2.21. The van der Waals surface area contributed by atoms with Gasteiger partial charge in [-0.3, -0.25) is 9.29 Å². The molecule has 7 heteroatoms. The van der Waals surface area contributed by atoms with Gasteiger partial charge in [-0.05, 0) is 12.1 Å². The molecule has 0 amide bonds. The van der Waals surface area contributed by atoms with Crippen LogP contribution in [0.4, 0.5) is 5.82 Å². The fraction of sp³-hybridized carbons (Fsp3) is 0.167. The molecule has 0 radical (unpaired) electrons. The van der Waals surface area contributed by atoms with Crippen LogP contribution in [0.1, 0.15) is 5.69 Å². The second-order valence-corrected chi connectivity index (χ2v) is 5.79. The van der Waals surface area contributed by atoms with Crippen molar-refractivity contribution in [1.29, 1.82) is 0 Å². The van der Waals surface area contributed by atoms with Crippen molar-refractivity contribution in [2.45, 2.75) is 11.4 Å². The molecule has 0 saturated carbocycles. The normalized spacial score (nSPS) is 11.3. The molecule has 0 fully saturated rings. The van der Waals surface area contributed by atoms with Gasteiger partial charge in [0, 0.05) is 26.0 Å². The van der Waals surface area contributed by atoms with E-state index in [2.05, 4.69) is 9.97 Å². The quantitative estimate of drug-likeness (QED) is 0.892. The Morgan fingerprint density at radius 3 is 2.42 bits per heavy atom. The minimum atomic E-state index is -3.65. The van der Waals surface area contributed by atoms with Gasteiger partial charge in [0.25, 0.3) is 10.0 Å². The molecule has 1 aromatic heterocycles. The van der Waals surface area contributed by atoms with Crippen LogP contribution in [0.3, 0.4) is 0 Å². The molecular formula is C12H14N4O2S. The molecule has 1 heterocycles. The van der Waals surface area contributed by atoms with Gasteiger partial charge < -0.3 is 5.73 Å². The Hall–Kier alpha value is -1.99. The molecular weight excluding hydrogens is 264 g/mol. The number of sulfonamides is 1. The largest absolute Gasteiger partial charge is 0.325 e. The summed E-state index contributed by atoms with van der Waals surface area (Å²) in [7, 11) is -2.21. The lowest BCUT2D eigenvalue weighted by molar-refractivity contribution is 0.593. The summed E-state index contributed by atoms with van der Waals surface area (Å²) in [5, 5.41) is 0. The standard InChI is InChI=1S/C12H14N4O2S/c1-16(12-11(9-13)14-7-8-15-12)19(17,18)10-5-3-2-4-6-10/h2-8H,9,13H2,1H3. The SMILES string of the molecule is CN(c1nccnc1CN)S(=O)(=O)c1ccccc1. The maximum atomic E-state index is 12.4. The Labute approximate surface area is 112 Å². The van der Waals surface area contributed by atoms with Crippen LogP contribution in [0, 0.1) is 0 Å². The molecule has 1 aromatic carbocycles. The predicted octanol–water partition coefficient (Wildman–Crippen LogP) is 0.760. The molecule has 0 atom stereocenters. The number of hydrogen-bond donors (Lipinski definition) is 1. The number of aromatic nitrogens is 2. The molecule has 0 bridgehead atoms. The van der Waals surface area contributed by atoms with Crippen molar-refractivity contribution >= 4 is 15.8 Å². The maximum absolute atomic E-state index is 12.4. The highest BCUT2D eigenvalue weighted by atomic mass is 32.2. The molecule has 0 aliphatic heterocycles. The van der Waals surface area contributed by atoms with Crippen LogP contribution in [0.5, 0.6) is 0 Å². The third kappa shape index (κ3) is 2.56. The van der Waals surface area contributed by atoms with Crippen molar-refractivity contribution < 1.29 is 8.42 Å². The van der Waals surface area contributed by atoms with E-state index in [4.69, 9.17) is 5.73 Å². The average Bonchev–Trinajstić information content (AvgIpc) is 2.47. The van der Waals surface area contributed by atoms with Crippen molar-refractivity contribution in [3.63, 3.8) is 0 Å². The van der Waals surface area contributed by atoms with Crippen LogP contribution in [0.2, 0.25) is 0 Å². The summed E-state index contributed by atoms with van der Waals surface area (Å²) in [5.74, 6) is 0.244. The van der Waals surface area contributed by atoms with Crippen molar-refractivity contribution in [2.75, 3.05) is 11.4 Å². The molecule has 0 aliphatic rings. The van der Waals surface area contributed by atoms with Gasteiger partial charge in [-0.2, -0.15) is 0 Å². The minimum Gasteiger partial charge on any atom is -0.325 e. The van der Waals surface area contributed by atoms with Crippen molar-refractivity contribution in [3.8, 4) is 0 Å². The van der Waals surface area contributed by atoms with Crippen LogP contribution in [-0.2, 0) is 16.6 Å². The summed E-state index contributed by atoms with van der Waals surface area (Å²) in [6.07, 6.45) is 2.92. The second-order valence-electron chi connectivity index (χ2n) is 3.82. The van der Waals surface area contributed by atoms with Crippen LogP contribution in [0.15, 0.2) is 47.6 Å². The molecule has 0 spiro atoms. The number of nitrogens with two attached hydrogens (primary N) is 1. The minimum absolute atomic E-state index is 0.123. The first-order valence-electron chi connectivity index (χ1n) is 5.61. The van der Waals surface area contributed by atoms with Gasteiger partial charge in [0.05, 0.1) is 10.6 Å². The number of rotatable bonds is 4. The van der Waals surface area contributed by atoms with Gasteiger partial charge >= 0.3 is 0 Å². The van der Waals surface area contributed by atoms with Gasteiger partial charge in [-0.15, -0.1) is 0 Å². The van der Waals surface area contributed by atoms with E-state index < -0.39 is 10.0 Å². The summed E-state index contributed by atoms with van der Waals surface area (Å²) >= 11 is 0. The van der Waals surface area contributed by atoms with Crippen LogP contribution < -0.4 is 10.0 Å². The van der Waals surface area contributed by atoms with E-state index in [0.717, 1.165) is 4.31 Å². The summed E-state index contributed by atoms with van der Waals surface area (Å²) < 4.78 is 25.9. The van der Waals surface area contributed by atoms with E-state index in [-0.39, 0.29) is 17.3 Å². The number of benzene rings is 1. The van der Waals surface area contributed by atoms with E-state index in [0.29, 0.717) is 5.69 Å². The van der Waals surface area contributed by atoms with E-state index in [9.17, 15) is 8.42 Å². The monoisotopic (exact) mass is 278 g/mol. The number of hydrogen-bond acceptors (Lipinski definition) is 5. The lowest BCUT2D eigenvalue weighted by Gasteiger charge is -2.19. The molecule has 0 saturated heterocycles. The fourth-order valence-corrected chi connectivity index (χ4v) is 2.83. The molecule has 100 valence electrons. The van der Waals surface area contributed by atoms with Crippen LogP contribution in [-0.4, -0.2) is 25.4 Å². The van der Waals surface area contributed by atoms with Gasteiger partial charge in [-0.25, -0.2) is 13.4 Å². The second kappa shape index (κ2) is 5.33. The highest BCUT2D eigenvalue weighted by Gasteiger charge is 2.23. The van der Waals surface area contributed by atoms with E-state index in [1.807, 2.05) is 0 Å². The predicted molar refractivity (Wildman–Crippen MR) is 72.0 cm³/mol. The maximum Gasteiger partial charge on any atom is 0.265 e. The van der Waals surface area contributed by atoms with E-state index in [1.54, 1.807) is 18.2 Å². The summed E-state index contributed by atoms with van der Waals surface area (Å²) in [6, 6.07) is 8.16. The molecule has 2 aromatic rings. The third-order valence-corrected chi connectivity index (χ3v) is 4.41. The topological polar surface area (TPSA) is 89.2 Å². The third-order valence-electron chi connectivity index (χ3n) is 2.65. The first-order chi connectivity index (χ1) is 9.07. The van der Waals surface area contributed by atoms with Crippen LogP contribution in [0.25, 0.3) is 0 Å². The van der Waals surface area contributed by atoms with E-state index in [1.165, 1.54) is 31.6 Å². The zero-order valence-electron chi connectivity index (χ0n) is 10.4. The Morgan fingerprint density at radius 1 is 1.16 bits per heavy atom. The molecule has 2 rings (SSSR count). The Bertz CT molecular complexity index is 658. The molecule has 0 unspecified atom stereocenters. The molecule has 0 aliphatic carbocycles. The zero-order chi connectivity index (χ0) is 13.9. The van der Waals surface area contributed by atoms with Gasteiger partial charge in [0.1, 0.15) is 0 Å². The van der Waals surface area contributed by atoms with Crippen molar-refractivity contribution in [1.82, 2.24) is 9.97 Å². The van der Waals surface area contributed by atoms with Crippen molar-refractivity contribution in [3.05, 3.63) is 48.4 Å².